The molecule has 1 heteroatoms. The fourth-order valence-corrected chi connectivity index (χ4v) is 1.74. The molecule has 0 saturated carbocycles. The maximum Gasteiger partial charge on any atom is -0.00519 e. The SMILES string of the molecule is CNCCCCCCCCCC(C)C. The van der Waals surface area contributed by atoms with Gasteiger partial charge in [0.15, 0.2) is 0 Å². The molecule has 0 bridgehead atoms. The highest BCUT2D eigenvalue weighted by molar-refractivity contribution is 4.49. The Morgan fingerprint density at radius 3 is 1.79 bits per heavy atom. The first-order valence-corrected chi connectivity index (χ1v) is 6.42. The molecule has 0 radical (unpaired) electrons. The summed E-state index contributed by atoms with van der Waals surface area (Å²) in [5.41, 5.74) is 0. The molecule has 0 saturated heterocycles. The summed E-state index contributed by atoms with van der Waals surface area (Å²) in [4.78, 5) is 0. The molecule has 0 atom stereocenters. The lowest BCUT2D eigenvalue weighted by atomic mass is 10.0. The summed E-state index contributed by atoms with van der Waals surface area (Å²) in [7, 11) is 2.03. The molecule has 0 aliphatic rings. The lowest BCUT2D eigenvalue weighted by Gasteiger charge is -2.04. The molecule has 0 spiro atoms. The molecule has 0 aliphatic heterocycles. The van der Waals surface area contributed by atoms with Crippen molar-refractivity contribution in [2.24, 2.45) is 5.92 Å². The molecule has 1 N–H and O–H groups in total. The van der Waals surface area contributed by atoms with E-state index in [4.69, 9.17) is 0 Å². The van der Waals surface area contributed by atoms with Gasteiger partial charge in [-0.05, 0) is 25.9 Å². The molecule has 0 rings (SSSR count). The molecular weight excluding hydrogens is 170 g/mol. The van der Waals surface area contributed by atoms with E-state index in [1.165, 1.54) is 57.9 Å². The van der Waals surface area contributed by atoms with Crippen LogP contribution in [0, 0.1) is 5.92 Å². The summed E-state index contributed by atoms with van der Waals surface area (Å²) < 4.78 is 0. The van der Waals surface area contributed by atoms with Crippen LogP contribution in [-0.4, -0.2) is 13.6 Å². The van der Waals surface area contributed by atoms with E-state index in [0.29, 0.717) is 0 Å². The Bertz CT molecular complexity index is 99.4. The second kappa shape index (κ2) is 11.0. The van der Waals surface area contributed by atoms with E-state index >= 15 is 0 Å². The standard InChI is InChI=1S/C13H29N/c1-13(2)11-9-7-5-4-6-8-10-12-14-3/h13-14H,4-12H2,1-3H3. The van der Waals surface area contributed by atoms with E-state index < -0.39 is 0 Å². The first-order chi connectivity index (χ1) is 6.77. The van der Waals surface area contributed by atoms with Crippen LogP contribution in [-0.2, 0) is 0 Å². The number of hydrogen-bond donors (Lipinski definition) is 1. The van der Waals surface area contributed by atoms with Crippen LogP contribution in [0.5, 0.6) is 0 Å². The van der Waals surface area contributed by atoms with Gasteiger partial charge in [0.2, 0.25) is 0 Å². The average molecular weight is 199 g/mol. The maximum absolute atomic E-state index is 3.19. The van der Waals surface area contributed by atoms with Gasteiger partial charge in [-0.3, -0.25) is 0 Å². The molecule has 0 fully saturated rings. The molecule has 0 aliphatic carbocycles. The summed E-state index contributed by atoms with van der Waals surface area (Å²) in [6, 6.07) is 0. The van der Waals surface area contributed by atoms with Crippen molar-refractivity contribution in [3.8, 4) is 0 Å². The first-order valence-electron chi connectivity index (χ1n) is 6.42. The number of nitrogens with one attached hydrogen (secondary N) is 1. The van der Waals surface area contributed by atoms with Gasteiger partial charge in [0.1, 0.15) is 0 Å². The predicted octanol–water partition coefficient (Wildman–Crippen LogP) is 3.98. The average Bonchev–Trinajstić information content (AvgIpc) is 2.15. The van der Waals surface area contributed by atoms with Crippen LogP contribution >= 0.6 is 0 Å². The van der Waals surface area contributed by atoms with Crippen molar-refractivity contribution in [2.45, 2.75) is 65.2 Å². The van der Waals surface area contributed by atoms with Crippen molar-refractivity contribution in [3.05, 3.63) is 0 Å². The minimum absolute atomic E-state index is 0.894. The van der Waals surface area contributed by atoms with Crippen molar-refractivity contribution >= 4 is 0 Å². The van der Waals surface area contributed by atoms with Gasteiger partial charge < -0.3 is 5.32 Å². The maximum atomic E-state index is 3.19. The quantitative estimate of drug-likeness (QED) is 0.525. The van der Waals surface area contributed by atoms with Crippen molar-refractivity contribution in [2.75, 3.05) is 13.6 Å². The van der Waals surface area contributed by atoms with Crippen LogP contribution in [0.4, 0.5) is 0 Å². The lowest BCUT2D eigenvalue weighted by Crippen LogP contribution is -2.06. The Balaban J connectivity index is 2.85. The number of unbranched alkanes of at least 4 members (excludes halogenated alkanes) is 6. The summed E-state index contributed by atoms with van der Waals surface area (Å²) >= 11 is 0. The van der Waals surface area contributed by atoms with E-state index in [1.807, 2.05) is 7.05 Å². The van der Waals surface area contributed by atoms with Crippen LogP contribution in [0.1, 0.15) is 65.2 Å². The summed E-state index contributed by atoms with van der Waals surface area (Å²) in [5.74, 6) is 0.894. The molecular formula is C13H29N. The molecule has 0 unspecified atom stereocenters. The smallest absolute Gasteiger partial charge is 0.00519 e. The third-order valence-electron chi connectivity index (χ3n) is 2.71. The molecule has 0 aromatic carbocycles. The predicted molar refractivity (Wildman–Crippen MR) is 65.7 cm³/mol. The third-order valence-corrected chi connectivity index (χ3v) is 2.71. The fraction of sp³-hybridized carbons (Fsp3) is 1.00. The van der Waals surface area contributed by atoms with Crippen LogP contribution in [0.15, 0.2) is 0 Å². The minimum atomic E-state index is 0.894. The van der Waals surface area contributed by atoms with Crippen LogP contribution in [0.25, 0.3) is 0 Å². The summed E-state index contributed by atoms with van der Waals surface area (Å²) in [5, 5.41) is 3.19. The van der Waals surface area contributed by atoms with E-state index in [0.717, 1.165) is 5.92 Å². The van der Waals surface area contributed by atoms with Crippen LogP contribution in [0.2, 0.25) is 0 Å². The van der Waals surface area contributed by atoms with Crippen molar-refractivity contribution in [1.82, 2.24) is 5.32 Å². The Morgan fingerprint density at radius 1 is 0.786 bits per heavy atom. The molecule has 0 heterocycles. The Morgan fingerprint density at radius 2 is 1.29 bits per heavy atom. The molecule has 0 amide bonds. The normalized spacial score (nSPS) is 11.1. The van der Waals surface area contributed by atoms with Gasteiger partial charge in [-0.15, -0.1) is 0 Å². The van der Waals surface area contributed by atoms with Gasteiger partial charge in [0, 0.05) is 0 Å². The van der Waals surface area contributed by atoms with Crippen molar-refractivity contribution < 1.29 is 0 Å². The highest BCUT2D eigenvalue weighted by Crippen LogP contribution is 2.11. The van der Waals surface area contributed by atoms with Crippen LogP contribution in [0.3, 0.4) is 0 Å². The molecule has 14 heavy (non-hydrogen) atoms. The van der Waals surface area contributed by atoms with Gasteiger partial charge >= 0.3 is 0 Å². The molecule has 1 nitrogen and oxygen atoms in total. The second-order valence-corrected chi connectivity index (χ2v) is 4.76. The fourth-order valence-electron chi connectivity index (χ4n) is 1.74. The van der Waals surface area contributed by atoms with Crippen molar-refractivity contribution in [3.63, 3.8) is 0 Å². The lowest BCUT2D eigenvalue weighted by molar-refractivity contribution is 0.508. The molecule has 0 aromatic rings. The monoisotopic (exact) mass is 199 g/mol. The van der Waals surface area contributed by atoms with Gasteiger partial charge in [-0.2, -0.15) is 0 Å². The van der Waals surface area contributed by atoms with Crippen LogP contribution < -0.4 is 5.32 Å². The number of rotatable bonds is 10. The van der Waals surface area contributed by atoms with Crippen molar-refractivity contribution in [1.29, 1.82) is 0 Å². The van der Waals surface area contributed by atoms with E-state index in [2.05, 4.69) is 19.2 Å². The minimum Gasteiger partial charge on any atom is -0.320 e. The van der Waals surface area contributed by atoms with Gasteiger partial charge in [-0.25, -0.2) is 0 Å². The van der Waals surface area contributed by atoms with Gasteiger partial charge in [0.25, 0.3) is 0 Å². The Kier molecular flexibility index (Phi) is 11.0. The third kappa shape index (κ3) is 12.0. The molecule has 86 valence electrons. The first kappa shape index (κ1) is 14.0. The Hall–Kier alpha value is -0.0400. The summed E-state index contributed by atoms with van der Waals surface area (Å²) in [6.07, 6.45) is 11.4. The second-order valence-electron chi connectivity index (χ2n) is 4.76. The molecule has 0 aromatic heterocycles. The zero-order chi connectivity index (χ0) is 10.6. The topological polar surface area (TPSA) is 12.0 Å². The largest absolute Gasteiger partial charge is 0.320 e. The summed E-state index contributed by atoms with van der Waals surface area (Å²) in [6.45, 7) is 5.82. The van der Waals surface area contributed by atoms with E-state index in [-0.39, 0.29) is 0 Å². The number of hydrogen-bond acceptors (Lipinski definition) is 1. The highest BCUT2D eigenvalue weighted by Gasteiger charge is 1.94. The zero-order valence-electron chi connectivity index (χ0n) is 10.4. The zero-order valence-corrected chi connectivity index (χ0v) is 10.4. The Labute approximate surface area is 90.7 Å². The highest BCUT2D eigenvalue weighted by atomic mass is 14.8. The van der Waals surface area contributed by atoms with Gasteiger partial charge in [-0.1, -0.05) is 58.8 Å². The van der Waals surface area contributed by atoms with E-state index in [9.17, 15) is 0 Å². The van der Waals surface area contributed by atoms with Gasteiger partial charge in [0.05, 0.1) is 0 Å². The van der Waals surface area contributed by atoms with E-state index in [1.54, 1.807) is 0 Å².